The zero-order valence-electron chi connectivity index (χ0n) is 10.8. The lowest BCUT2D eigenvalue weighted by Crippen LogP contribution is -2.19. The molecular formula is C16H15IO2S. The smallest absolute Gasteiger partial charge is 0.316 e. The van der Waals surface area contributed by atoms with Crippen LogP contribution in [0.3, 0.4) is 0 Å². The Hall–Kier alpha value is -1.01. The maximum atomic E-state index is 11.4. The van der Waals surface area contributed by atoms with Crippen molar-refractivity contribution < 1.29 is 9.90 Å². The van der Waals surface area contributed by atoms with Crippen LogP contribution in [0, 0.1) is 3.57 Å². The van der Waals surface area contributed by atoms with E-state index in [1.807, 2.05) is 42.5 Å². The average molecular weight is 398 g/mol. The van der Waals surface area contributed by atoms with Crippen molar-refractivity contribution in [3.05, 3.63) is 69.3 Å². The van der Waals surface area contributed by atoms with Gasteiger partial charge in [-0.2, -0.15) is 0 Å². The van der Waals surface area contributed by atoms with Gasteiger partial charge in [0.15, 0.2) is 0 Å². The first-order chi connectivity index (χ1) is 9.65. The summed E-state index contributed by atoms with van der Waals surface area (Å²) in [6, 6.07) is 18.0. The minimum absolute atomic E-state index is 0.406. The van der Waals surface area contributed by atoms with E-state index in [-0.39, 0.29) is 0 Å². The molecule has 0 radical (unpaired) electrons. The predicted molar refractivity (Wildman–Crippen MR) is 92.0 cm³/mol. The number of aliphatic carboxylic acids is 1. The first kappa shape index (κ1) is 15.4. The van der Waals surface area contributed by atoms with Crippen LogP contribution in [-0.4, -0.2) is 16.3 Å². The minimum Gasteiger partial charge on any atom is -0.480 e. The van der Waals surface area contributed by atoms with Gasteiger partial charge in [0.25, 0.3) is 0 Å². The summed E-state index contributed by atoms with van der Waals surface area (Å²) in [7, 11) is 0. The molecule has 2 rings (SSSR count). The standard InChI is InChI=1S/C16H15IO2S/c17-14-8-6-13(7-9-14)11-20-15(16(18)19)10-12-4-2-1-3-5-12/h1-9,15H,10-11H2,(H,18,19). The van der Waals surface area contributed by atoms with Crippen LogP contribution in [0.5, 0.6) is 0 Å². The molecule has 2 nitrogen and oxygen atoms in total. The molecule has 0 heterocycles. The topological polar surface area (TPSA) is 37.3 Å². The van der Waals surface area contributed by atoms with Crippen molar-refractivity contribution in [2.24, 2.45) is 0 Å². The van der Waals surface area contributed by atoms with Crippen LogP contribution in [0.25, 0.3) is 0 Å². The molecule has 4 heteroatoms. The monoisotopic (exact) mass is 398 g/mol. The molecule has 2 aromatic rings. The Morgan fingerprint density at radius 1 is 1.05 bits per heavy atom. The number of carboxylic acids is 1. The molecule has 1 N–H and O–H groups in total. The van der Waals surface area contributed by atoms with E-state index in [1.54, 1.807) is 0 Å². The molecule has 0 aliphatic rings. The highest BCUT2D eigenvalue weighted by Gasteiger charge is 2.18. The van der Waals surface area contributed by atoms with E-state index in [9.17, 15) is 9.90 Å². The van der Waals surface area contributed by atoms with Gasteiger partial charge in [0.2, 0.25) is 0 Å². The van der Waals surface area contributed by atoms with Crippen LogP contribution in [0.2, 0.25) is 0 Å². The van der Waals surface area contributed by atoms with Crippen LogP contribution < -0.4 is 0 Å². The van der Waals surface area contributed by atoms with Crippen molar-refractivity contribution in [1.29, 1.82) is 0 Å². The average Bonchev–Trinajstić information content (AvgIpc) is 2.46. The number of thioether (sulfide) groups is 1. The largest absolute Gasteiger partial charge is 0.480 e. The quantitative estimate of drug-likeness (QED) is 0.741. The van der Waals surface area contributed by atoms with Crippen LogP contribution in [0.1, 0.15) is 11.1 Å². The molecule has 20 heavy (non-hydrogen) atoms. The van der Waals surface area contributed by atoms with Gasteiger partial charge in [0.05, 0.1) is 0 Å². The van der Waals surface area contributed by atoms with Gasteiger partial charge in [-0.15, -0.1) is 11.8 Å². The normalized spacial score (nSPS) is 12.1. The summed E-state index contributed by atoms with van der Waals surface area (Å²) in [5, 5.41) is 8.93. The van der Waals surface area contributed by atoms with Gasteiger partial charge in [0.1, 0.15) is 5.25 Å². The molecule has 1 unspecified atom stereocenters. The summed E-state index contributed by atoms with van der Waals surface area (Å²) >= 11 is 3.74. The van der Waals surface area contributed by atoms with Crippen LogP contribution >= 0.6 is 34.4 Å². The molecular weight excluding hydrogens is 383 g/mol. The second kappa shape index (κ2) is 7.69. The Bertz CT molecular complexity index is 554. The first-order valence-corrected chi connectivity index (χ1v) is 8.40. The SMILES string of the molecule is O=C(O)C(Cc1ccccc1)SCc1ccc(I)cc1. The molecule has 0 aromatic heterocycles. The lowest BCUT2D eigenvalue weighted by molar-refractivity contribution is -0.136. The third-order valence-corrected chi connectivity index (χ3v) is 4.89. The van der Waals surface area contributed by atoms with Crippen LogP contribution in [0.15, 0.2) is 54.6 Å². The molecule has 1 atom stereocenters. The van der Waals surface area contributed by atoms with E-state index in [4.69, 9.17) is 0 Å². The fourth-order valence-corrected chi connectivity index (χ4v) is 3.22. The Morgan fingerprint density at radius 2 is 1.70 bits per heavy atom. The Labute approximate surface area is 136 Å². The first-order valence-electron chi connectivity index (χ1n) is 6.28. The summed E-state index contributed by atoms with van der Waals surface area (Å²) in [6.07, 6.45) is 0.561. The Morgan fingerprint density at radius 3 is 2.30 bits per heavy atom. The summed E-state index contributed by atoms with van der Waals surface area (Å²) in [6.45, 7) is 0. The fraction of sp³-hybridized carbons (Fsp3) is 0.188. The highest BCUT2D eigenvalue weighted by atomic mass is 127. The van der Waals surface area contributed by atoms with Crippen LogP contribution in [-0.2, 0) is 17.0 Å². The second-order valence-corrected chi connectivity index (χ2v) is 6.89. The third kappa shape index (κ3) is 4.83. The molecule has 0 aliphatic carbocycles. The molecule has 0 bridgehead atoms. The summed E-state index contributed by atoms with van der Waals surface area (Å²) in [4.78, 5) is 11.4. The molecule has 104 valence electrons. The minimum atomic E-state index is -0.746. The van der Waals surface area contributed by atoms with Crippen molar-refractivity contribution in [2.75, 3.05) is 0 Å². The van der Waals surface area contributed by atoms with Crippen molar-refractivity contribution in [1.82, 2.24) is 0 Å². The van der Waals surface area contributed by atoms with Gasteiger partial charge >= 0.3 is 5.97 Å². The Balaban J connectivity index is 1.96. The van der Waals surface area contributed by atoms with Gasteiger partial charge in [-0.3, -0.25) is 4.79 Å². The lowest BCUT2D eigenvalue weighted by atomic mass is 10.1. The maximum Gasteiger partial charge on any atom is 0.316 e. The molecule has 0 amide bonds. The lowest BCUT2D eigenvalue weighted by Gasteiger charge is -2.12. The number of hydrogen-bond donors (Lipinski definition) is 1. The highest BCUT2D eigenvalue weighted by Crippen LogP contribution is 2.22. The van der Waals surface area contributed by atoms with Crippen molar-refractivity contribution in [3.63, 3.8) is 0 Å². The molecule has 0 saturated heterocycles. The van der Waals surface area contributed by atoms with Crippen molar-refractivity contribution in [3.8, 4) is 0 Å². The number of carbonyl (C=O) groups is 1. The molecule has 2 aromatic carbocycles. The van der Waals surface area contributed by atoms with Crippen LogP contribution in [0.4, 0.5) is 0 Å². The van der Waals surface area contributed by atoms with Gasteiger partial charge in [-0.05, 0) is 52.3 Å². The predicted octanol–water partition coefficient (Wildman–Crippen LogP) is 4.22. The Kier molecular flexibility index (Phi) is 5.91. The van der Waals surface area contributed by atoms with E-state index in [0.717, 1.165) is 16.9 Å². The van der Waals surface area contributed by atoms with Crippen molar-refractivity contribution in [2.45, 2.75) is 17.4 Å². The highest BCUT2D eigenvalue weighted by molar-refractivity contribution is 14.1. The fourth-order valence-electron chi connectivity index (χ4n) is 1.82. The van der Waals surface area contributed by atoms with Crippen molar-refractivity contribution >= 4 is 40.3 Å². The number of benzene rings is 2. The molecule has 0 spiro atoms. The van der Waals surface area contributed by atoms with E-state index in [1.165, 1.54) is 15.3 Å². The van der Waals surface area contributed by atoms with E-state index < -0.39 is 11.2 Å². The molecule has 0 fully saturated rings. The third-order valence-electron chi connectivity index (χ3n) is 2.90. The number of carboxylic acid groups (broad SMARTS) is 1. The summed E-state index contributed by atoms with van der Waals surface area (Å²) in [5.41, 5.74) is 2.23. The zero-order chi connectivity index (χ0) is 14.4. The zero-order valence-corrected chi connectivity index (χ0v) is 13.8. The van der Waals surface area contributed by atoms with Gasteiger partial charge in [-0.1, -0.05) is 42.5 Å². The van der Waals surface area contributed by atoms with Gasteiger partial charge in [0, 0.05) is 9.32 Å². The number of hydrogen-bond acceptors (Lipinski definition) is 2. The summed E-state index contributed by atoms with van der Waals surface area (Å²) in [5.74, 6) is -0.0230. The van der Waals surface area contributed by atoms with E-state index in [0.29, 0.717) is 6.42 Å². The molecule has 0 aliphatic heterocycles. The number of rotatable bonds is 6. The van der Waals surface area contributed by atoms with E-state index >= 15 is 0 Å². The second-order valence-electron chi connectivity index (χ2n) is 4.45. The van der Waals surface area contributed by atoms with E-state index in [2.05, 4.69) is 34.7 Å². The summed E-state index contributed by atoms with van der Waals surface area (Å²) < 4.78 is 1.19. The van der Waals surface area contributed by atoms with Gasteiger partial charge < -0.3 is 5.11 Å². The van der Waals surface area contributed by atoms with Gasteiger partial charge in [-0.25, -0.2) is 0 Å². The maximum absolute atomic E-state index is 11.4. The number of halogens is 1. The molecule has 0 saturated carbocycles.